The zero-order chi connectivity index (χ0) is 16.0. The van der Waals surface area contributed by atoms with Gasteiger partial charge in [-0.05, 0) is 25.0 Å². The fourth-order valence-corrected chi connectivity index (χ4v) is 1.83. The highest BCUT2D eigenvalue weighted by molar-refractivity contribution is 5.95. The molecule has 0 unspecified atom stereocenters. The van der Waals surface area contributed by atoms with Crippen LogP contribution in [0.1, 0.15) is 37.0 Å². The number of nitro benzene ring substituents is 1. The first-order valence-electron chi connectivity index (χ1n) is 6.76. The predicted molar refractivity (Wildman–Crippen MR) is 86.7 cm³/mol. The van der Waals surface area contributed by atoms with Gasteiger partial charge < -0.3 is 15.8 Å². The second-order valence-electron chi connectivity index (χ2n) is 4.90. The van der Waals surface area contributed by atoms with Gasteiger partial charge >= 0.3 is 5.69 Å². The van der Waals surface area contributed by atoms with Gasteiger partial charge in [0.2, 0.25) is 0 Å². The highest BCUT2D eigenvalue weighted by atomic mass is 35.5. The Hall–Kier alpha value is -1.86. The van der Waals surface area contributed by atoms with Gasteiger partial charge in [-0.15, -0.1) is 12.4 Å². The van der Waals surface area contributed by atoms with Crippen LogP contribution < -0.4 is 15.8 Å². The van der Waals surface area contributed by atoms with E-state index in [1.54, 1.807) is 0 Å². The van der Waals surface area contributed by atoms with E-state index in [9.17, 15) is 14.9 Å². The van der Waals surface area contributed by atoms with Crippen LogP contribution >= 0.6 is 12.4 Å². The summed E-state index contributed by atoms with van der Waals surface area (Å²) < 4.78 is 4.90. The molecule has 0 atom stereocenters. The number of hydrogen-bond acceptors (Lipinski definition) is 5. The summed E-state index contributed by atoms with van der Waals surface area (Å²) in [6.45, 7) is 4.22. The summed E-state index contributed by atoms with van der Waals surface area (Å²) >= 11 is 0. The quantitative estimate of drug-likeness (QED) is 0.588. The molecule has 124 valence electrons. The van der Waals surface area contributed by atoms with Crippen molar-refractivity contribution in [3.8, 4) is 5.75 Å². The predicted octanol–water partition coefficient (Wildman–Crippen LogP) is 2.27. The number of ether oxygens (including phenoxy) is 1. The fourth-order valence-electron chi connectivity index (χ4n) is 1.83. The number of rotatable bonds is 7. The van der Waals surface area contributed by atoms with Crippen molar-refractivity contribution in [2.75, 3.05) is 13.7 Å². The number of nitro groups is 1. The van der Waals surface area contributed by atoms with Crippen molar-refractivity contribution in [3.05, 3.63) is 33.9 Å². The SMILES string of the molecule is CCC(N)(CC)CNC(=O)c1ccc(OC)c([N+](=O)[O-])c1.Cl. The van der Waals surface area contributed by atoms with Crippen molar-refractivity contribution in [1.29, 1.82) is 0 Å². The van der Waals surface area contributed by atoms with Crippen molar-refractivity contribution >= 4 is 24.0 Å². The molecule has 1 aromatic carbocycles. The Labute approximate surface area is 135 Å². The molecule has 1 aromatic rings. The maximum atomic E-state index is 12.1. The van der Waals surface area contributed by atoms with Crippen LogP contribution in [0.3, 0.4) is 0 Å². The monoisotopic (exact) mass is 331 g/mol. The molecule has 22 heavy (non-hydrogen) atoms. The summed E-state index contributed by atoms with van der Waals surface area (Å²) in [5.74, 6) is -0.274. The minimum atomic E-state index is -0.582. The molecule has 0 spiro atoms. The lowest BCUT2D eigenvalue weighted by Crippen LogP contribution is -2.49. The first kappa shape index (κ1) is 20.1. The molecule has 8 heteroatoms. The molecule has 0 aliphatic carbocycles. The van der Waals surface area contributed by atoms with Crippen molar-refractivity contribution in [2.45, 2.75) is 32.2 Å². The lowest BCUT2D eigenvalue weighted by atomic mass is 9.94. The van der Waals surface area contributed by atoms with E-state index in [2.05, 4.69) is 5.32 Å². The third-order valence-corrected chi connectivity index (χ3v) is 3.65. The van der Waals surface area contributed by atoms with E-state index in [1.807, 2.05) is 13.8 Å². The summed E-state index contributed by atoms with van der Waals surface area (Å²) in [6.07, 6.45) is 1.46. The molecule has 0 fully saturated rings. The highest BCUT2D eigenvalue weighted by Gasteiger charge is 2.22. The Morgan fingerprint density at radius 3 is 2.45 bits per heavy atom. The second-order valence-corrected chi connectivity index (χ2v) is 4.90. The number of nitrogens with two attached hydrogens (primary N) is 1. The van der Waals surface area contributed by atoms with Crippen LogP contribution in [0.25, 0.3) is 0 Å². The average Bonchev–Trinajstić information content (AvgIpc) is 2.51. The Kier molecular flexibility index (Phi) is 7.83. The largest absolute Gasteiger partial charge is 0.490 e. The first-order valence-corrected chi connectivity index (χ1v) is 6.76. The van der Waals surface area contributed by atoms with Gasteiger partial charge in [-0.25, -0.2) is 0 Å². The Balaban J connectivity index is 0.00000441. The zero-order valence-electron chi connectivity index (χ0n) is 12.9. The summed E-state index contributed by atoms with van der Waals surface area (Å²) in [7, 11) is 1.34. The van der Waals surface area contributed by atoms with Gasteiger partial charge in [0.15, 0.2) is 5.75 Å². The minimum Gasteiger partial charge on any atom is -0.490 e. The molecule has 0 aliphatic rings. The highest BCUT2D eigenvalue weighted by Crippen LogP contribution is 2.27. The summed E-state index contributed by atoms with van der Waals surface area (Å²) in [5.41, 5.74) is 5.60. The number of benzene rings is 1. The molecular formula is C14H22ClN3O4. The topological polar surface area (TPSA) is 107 Å². The molecule has 0 aromatic heterocycles. The Morgan fingerprint density at radius 2 is 2.00 bits per heavy atom. The van der Waals surface area contributed by atoms with Crippen molar-refractivity contribution in [2.24, 2.45) is 5.73 Å². The molecule has 3 N–H and O–H groups in total. The number of hydrogen-bond donors (Lipinski definition) is 2. The van der Waals surface area contributed by atoms with Crippen LogP contribution in [-0.2, 0) is 0 Å². The van der Waals surface area contributed by atoms with Crippen LogP contribution in [-0.4, -0.2) is 30.0 Å². The third kappa shape index (κ3) is 4.85. The number of nitrogens with one attached hydrogen (secondary N) is 1. The van der Waals surface area contributed by atoms with Crippen molar-refractivity contribution in [1.82, 2.24) is 5.32 Å². The molecule has 1 amide bonds. The van der Waals surface area contributed by atoms with E-state index in [1.165, 1.54) is 25.3 Å². The summed E-state index contributed by atoms with van der Waals surface area (Å²) in [6, 6.07) is 4.09. The molecule has 0 saturated heterocycles. The standard InChI is InChI=1S/C14H21N3O4.ClH/c1-4-14(15,5-2)9-16-13(18)10-6-7-12(21-3)11(8-10)17(19)20;/h6-8H,4-5,9,15H2,1-3H3,(H,16,18);1H. The van der Waals surface area contributed by atoms with Crippen LogP contribution in [0.15, 0.2) is 18.2 Å². The lowest BCUT2D eigenvalue weighted by Gasteiger charge is -2.26. The number of methoxy groups -OCH3 is 1. The molecule has 0 aliphatic heterocycles. The van der Waals surface area contributed by atoms with E-state index < -0.39 is 16.4 Å². The Morgan fingerprint density at radius 1 is 1.41 bits per heavy atom. The van der Waals surface area contributed by atoms with Gasteiger partial charge in [0.25, 0.3) is 5.91 Å². The van der Waals surface area contributed by atoms with Gasteiger partial charge in [-0.3, -0.25) is 14.9 Å². The van der Waals surface area contributed by atoms with E-state index >= 15 is 0 Å². The van der Waals surface area contributed by atoms with Crippen molar-refractivity contribution in [3.63, 3.8) is 0 Å². The number of amides is 1. The number of halogens is 1. The summed E-state index contributed by atoms with van der Waals surface area (Å²) in [5, 5.41) is 13.7. The molecule has 0 bridgehead atoms. The van der Waals surface area contributed by atoms with Crippen molar-refractivity contribution < 1.29 is 14.5 Å². The molecule has 0 radical (unpaired) electrons. The van der Waals surface area contributed by atoms with Gasteiger partial charge in [0.1, 0.15) is 0 Å². The maximum absolute atomic E-state index is 12.1. The Bertz CT molecular complexity index is 533. The van der Waals surface area contributed by atoms with Gasteiger partial charge in [-0.2, -0.15) is 0 Å². The van der Waals surface area contributed by atoms with Crippen LogP contribution in [0, 0.1) is 10.1 Å². The smallest absolute Gasteiger partial charge is 0.311 e. The molecule has 7 nitrogen and oxygen atoms in total. The van der Waals surface area contributed by atoms with Crippen LogP contribution in [0.2, 0.25) is 0 Å². The van der Waals surface area contributed by atoms with Gasteiger partial charge in [0.05, 0.1) is 12.0 Å². The van der Waals surface area contributed by atoms with Gasteiger partial charge in [-0.1, -0.05) is 13.8 Å². The molecule has 0 saturated carbocycles. The first-order chi connectivity index (χ1) is 9.86. The zero-order valence-corrected chi connectivity index (χ0v) is 13.7. The van der Waals surface area contributed by atoms with Crippen LogP contribution in [0.4, 0.5) is 5.69 Å². The van der Waals surface area contributed by atoms with Gasteiger partial charge in [0, 0.05) is 23.7 Å². The fraction of sp³-hybridized carbons (Fsp3) is 0.500. The third-order valence-electron chi connectivity index (χ3n) is 3.65. The summed E-state index contributed by atoms with van der Waals surface area (Å²) in [4.78, 5) is 22.4. The van der Waals surface area contributed by atoms with E-state index in [-0.39, 0.29) is 29.4 Å². The second kappa shape index (κ2) is 8.55. The van der Waals surface area contributed by atoms with Crippen LogP contribution in [0.5, 0.6) is 5.75 Å². The van der Waals surface area contributed by atoms with E-state index in [4.69, 9.17) is 10.5 Å². The maximum Gasteiger partial charge on any atom is 0.311 e. The molecule has 0 heterocycles. The molecular weight excluding hydrogens is 310 g/mol. The van der Waals surface area contributed by atoms with E-state index in [0.717, 1.165) is 12.8 Å². The normalized spacial score (nSPS) is 10.5. The number of nitrogens with zero attached hydrogens (tertiary/aromatic N) is 1. The molecule has 1 rings (SSSR count). The number of carbonyl (C=O) groups excluding carboxylic acids is 1. The average molecular weight is 332 g/mol. The number of carbonyl (C=O) groups is 1. The lowest BCUT2D eigenvalue weighted by molar-refractivity contribution is -0.385. The van der Waals surface area contributed by atoms with E-state index in [0.29, 0.717) is 6.54 Å². The minimum absolute atomic E-state index is 0.